The zero-order chi connectivity index (χ0) is 13.0. The molecule has 4 nitrogen and oxygen atoms in total. The molecule has 1 unspecified atom stereocenters. The molecular formula is C12H21NO3S2. The summed E-state index contributed by atoms with van der Waals surface area (Å²) in [5.74, 6) is 1.18. The number of hydrogen-bond donors (Lipinski definition) is 0. The molecule has 1 amide bonds. The molecule has 2 aliphatic heterocycles. The number of rotatable bonds is 3. The van der Waals surface area contributed by atoms with Gasteiger partial charge in [0.2, 0.25) is 5.91 Å². The summed E-state index contributed by atoms with van der Waals surface area (Å²) < 4.78 is 22.6. The Kier molecular flexibility index (Phi) is 4.95. The summed E-state index contributed by atoms with van der Waals surface area (Å²) in [6.45, 7) is 1.75. The first-order valence-electron chi connectivity index (χ1n) is 6.67. The lowest BCUT2D eigenvalue weighted by atomic mass is 10.2. The summed E-state index contributed by atoms with van der Waals surface area (Å²) in [4.78, 5) is 14.0. The van der Waals surface area contributed by atoms with Crippen LogP contribution in [-0.2, 0) is 14.6 Å². The SMILES string of the molecule is O=C(CSC1CCS(=O)(=O)C1)N1CCCCCC1. The third kappa shape index (κ3) is 4.16. The van der Waals surface area contributed by atoms with Crippen molar-refractivity contribution < 1.29 is 13.2 Å². The van der Waals surface area contributed by atoms with Crippen molar-refractivity contribution in [3.05, 3.63) is 0 Å². The molecule has 2 fully saturated rings. The molecule has 0 aliphatic carbocycles. The van der Waals surface area contributed by atoms with Crippen molar-refractivity contribution in [2.45, 2.75) is 37.4 Å². The van der Waals surface area contributed by atoms with Gasteiger partial charge < -0.3 is 4.90 Å². The van der Waals surface area contributed by atoms with Crippen molar-refractivity contribution in [3.63, 3.8) is 0 Å². The third-order valence-corrected chi connectivity index (χ3v) is 6.86. The summed E-state index contributed by atoms with van der Waals surface area (Å²) in [6, 6.07) is 0. The van der Waals surface area contributed by atoms with Crippen molar-refractivity contribution in [3.8, 4) is 0 Å². The lowest BCUT2D eigenvalue weighted by Gasteiger charge is -2.20. The number of carbonyl (C=O) groups is 1. The molecule has 0 bridgehead atoms. The van der Waals surface area contributed by atoms with Crippen molar-refractivity contribution >= 4 is 27.5 Å². The maximum atomic E-state index is 12.0. The minimum atomic E-state index is -2.82. The van der Waals surface area contributed by atoms with Gasteiger partial charge >= 0.3 is 0 Å². The lowest BCUT2D eigenvalue weighted by molar-refractivity contribution is -0.128. The standard InChI is InChI=1S/C12H21NO3S2/c14-12(13-6-3-1-2-4-7-13)9-17-11-5-8-18(15,16)10-11/h11H,1-10H2. The van der Waals surface area contributed by atoms with Crippen LogP contribution in [0.2, 0.25) is 0 Å². The van der Waals surface area contributed by atoms with Crippen LogP contribution in [0.25, 0.3) is 0 Å². The van der Waals surface area contributed by atoms with E-state index in [1.807, 2.05) is 4.90 Å². The van der Waals surface area contributed by atoms with Crippen molar-refractivity contribution in [1.29, 1.82) is 0 Å². The van der Waals surface area contributed by atoms with Gasteiger partial charge in [-0.25, -0.2) is 8.42 Å². The first-order valence-corrected chi connectivity index (χ1v) is 9.54. The van der Waals surface area contributed by atoms with Gasteiger partial charge in [0.15, 0.2) is 9.84 Å². The Bertz CT molecular complexity index is 386. The second-order valence-electron chi connectivity index (χ2n) is 5.13. The van der Waals surface area contributed by atoms with Crippen LogP contribution in [0, 0.1) is 0 Å². The first kappa shape index (κ1) is 14.2. The molecule has 18 heavy (non-hydrogen) atoms. The second-order valence-corrected chi connectivity index (χ2v) is 8.65. The molecule has 0 radical (unpaired) electrons. The highest BCUT2D eigenvalue weighted by Gasteiger charge is 2.29. The molecule has 2 heterocycles. The van der Waals surface area contributed by atoms with Crippen molar-refractivity contribution in [1.82, 2.24) is 4.90 Å². The number of carbonyl (C=O) groups excluding carboxylic acids is 1. The minimum Gasteiger partial charge on any atom is -0.342 e. The molecule has 1 atom stereocenters. The summed E-state index contributed by atoms with van der Waals surface area (Å²) >= 11 is 1.52. The van der Waals surface area contributed by atoms with Gasteiger partial charge in [-0.05, 0) is 19.3 Å². The van der Waals surface area contributed by atoms with Gasteiger partial charge in [-0.15, -0.1) is 11.8 Å². The number of hydrogen-bond acceptors (Lipinski definition) is 4. The number of thioether (sulfide) groups is 1. The molecule has 0 aromatic carbocycles. The van der Waals surface area contributed by atoms with E-state index < -0.39 is 9.84 Å². The topological polar surface area (TPSA) is 54.5 Å². The number of nitrogens with zero attached hydrogens (tertiary/aromatic N) is 1. The highest BCUT2D eigenvalue weighted by Crippen LogP contribution is 2.24. The lowest BCUT2D eigenvalue weighted by Crippen LogP contribution is -2.33. The Morgan fingerprint density at radius 3 is 2.39 bits per heavy atom. The summed E-state index contributed by atoms with van der Waals surface area (Å²) in [7, 11) is -2.82. The van der Waals surface area contributed by atoms with Crippen molar-refractivity contribution in [2.24, 2.45) is 0 Å². The van der Waals surface area contributed by atoms with Crippen LogP contribution in [0.4, 0.5) is 0 Å². The number of sulfone groups is 1. The molecule has 0 aromatic rings. The van der Waals surface area contributed by atoms with Gasteiger partial charge in [-0.1, -0.05) is 12.8 Å². The van der Waals surface area contributed by atoms with Crippen LogP contribution in [0.1, 0.15) is 32.1 Å². The fourth-order valence-electron chi connectivity index (χ4n) is 2.49. The molecule has 0 aromatic heterocycles. The van der Waals surface area contributed by atoms with Crippen LogP contribution in [0.15, 0.2) is 0 Å². The zero-order valence-corrected chi connectivity index (χ0v) is 12.3. The fourth-order valence-corrected chi connectivity index (χ4v) is 6.04. The summed E-state index contributed by atoms with van der Waals surface area (Å²) in [5.41, 5.74) is 0. The van der Waals surface area contributed by atoms with E-state index in [0.717, 1.165) is 25.9 Å². The van der Waals surface area contributed by atoms with E-state index in [4.69, 9.17) is 0 Å². The van der Waals surface area contributed by atoms with Gasteiger partial charge in [0.25, 0.3) is 0 Å². The molecular weight excluding hydrogens is 270 g/mol. The Morgan fingerprint density at radius 1 is 1.17 bits per heavy atom. The summed E-state index contributed by atoms with van der Waals surface area (Å²) in [5, 5.41) is 0.130. The first-order chi connectivity index (χ1) is 8.57. The molecule has 0 saturated carbocycles. The highest BCUT2D eigenvalue weighted by atomic mass is 32.2. The van der Waals surface area contributed by atoms with E-state index in [2.05, 4.69) is 0 Å². The quantitative estimate of drug-likeness (QED) is 0.787. The minimum absolute atomic E-state index is 0.130. The predicted molar refractivity (Wildman–Crippen MR) is 74.6 cm³/mol. The van der Waals surface area contributed by atoms with Crippen LogP contribution in [0.5, 0.6) is 0 Å². The van der Waals surface area contributed by atoms with E-state index in [9.17, 15) is 13.2 Å². The van der Waals surface area contributed by atoms with E-state index in [0.29, 0.717) is 17.9 Å². The average Bonchev–Trinajstić information content (AvgIpc) is 2.57. The second kappa shape index (κ2) is 6.28. The van der Waals surface area contributed by atoms with E-state index in [1.54, 1.807) is 0 Å². The maximum absolute atomic E-state index is 12.0. The van der Waals surface area contributed by atoms with Gasteiger partial charge in [-0.2, -0.15) is 0 Å². The van der Waals surface area contributed by atoms with Gasteiger partial charge in [0.05, 0.1) is 17.3 Å². The van der Waals surface area contributed by atoms with Crippen LogP contribution in [0.3, 0.4) is 0 Å². The Morgan fingerprint density at radius 2 is 1.83 bits per heavy atom. The molecule has 0 N–H and O–H groups in total. The molecule has 2 saturated heterocycles. The molecule has 6 heteroatoms. The largest absolute Gasteiger partial charge is 0.342 e. The average molecular weight is 291 g/mol. The predicted octanol–water partition coefficient (Wildman–Crippen LogP) is 1.31. The van der Waals surface area contributed by atoms with Crippen LogP contribution < -0.4 is 0 Å². The molecule has 104 valence electrons. The van der Waals surface area contributed by atoms with Gasteiger partial charge in [-0.3, -0.25) is 4.79 Å². The zero-order valence-electron chi connectivity index (χ0n) is 10.6. The maximum Gasteiger partial charge on any atom is 0.232 e. The number of likely N-dealkylation sites (tertiary alicyclic amines) is 1. The van der Waals surface area contributed by atoms with Gasteiger partial charge in [0, 0.05) is 18.3 Å². The molecule has 0 spiro atoms. The monoisotopic (exact) mass is 291 g/mol. The van der Waals surface area contributed by atoms with Crippen LogP contribution >= 0.6 is 11.8 Å². The normalized spacial score (nSPS) is 28.0. The Hall–Kier alpha value is -0.230. The van der Waals surface area contributed by atoms with E-state index >= 15 is 0 Å². The van der Waals surface area contributed by atoms with E-state index in [1.165, 1.54) is 24.6 Å². The van der Waals surface area contributed by atoms with Crippen molar-refractivity contribution in [2.75, 3.05) is 30.3 Å². The third-order valence-electron chi connectivity index (χ3n) is 3.59. The number of amides is 1. The fraction of sp³-hybridized carbons (Fsp3) is 0.917. The van der Waals surface area contributed by atoms with Gasteiger partial charge in [0.1, 0.15) is 0 Å². The Balaban J connectivity index is 1.74. The summed E-state index contributed by atoms with van der Waals surface area (Å²) in [6.07, 6.45) is 5.36. The Labute approximate surface area is 113 Å². The van der Waals surface area contributed by atoms with E-state index in [-0.39, 0.29) is 16.9 Å². The molecule has 2 aliphatic rings. The van der Waals surface area contributed by atoms with Crippen LogP contribution in [-0.4, -0.2) is 54.8 Å². The smallest absolute Gasteiger partial charge is 0.232 e. The highest BCUT2D eigenvalue weighted by molar-refractivity contribution is 8.02. The molecule has 2 rings (SSSR count).